The number of halogens is 6. The van der Waals surface area contributed by atoms with Crippen LogP contribution in [0.5, 0.6) is 0 Å². The molecule has 0 bridgehead atoms. The summed E-state index contributed by atoms with van der Waals surface area (Å²) in [5.41, 5.74) is -1.01. The van der Waals surface area contributed by atoms with Gasteiger partial charge in [0.15, 0.2) is 5.69 Å². The zero-order valence-electron chi connectivity index (χ0n) is 20.2. The average molecular weight is 582 g/mol. The molecular formula is C26H21Cl2F4N5O2. The van der Waals surface area contributed by atoms with Crippen LogP contribution in [0.1, 0.15) is 41.7 Å². The first kappa shape index (κ1) is 27.1. The second-order valence-electron chi connectivity index (χ2n) is 9.43. The number of carbonyl (C=O) groups is 1. The molecule has 0 aliphatic heterocycles. The van der Waals surface area contributed by atoms with Gasteiger partial charge in [-0.3, -0.25) is 18.9 Å². The van der Waals surface area contributed by atoms with Crippen LogP contribution >= 0.6 is 23.2 Å². The number of carbonyl (C=O) groups excluding carboxylic acids is 1. The molecule has 3 heterocycles. The number of aromatic nitrogens is 4. The molecular weight excluding hydrogens is 561 g/mol. The highest BCUT2D eigenvalue weighted by atomic mass is 35.5. The maximum Gasteiger partial charge on any atom is 0.434 e. The molecule has 0 spiro atoms. The van der Waals surface area contributed by atoms with Crippen molar-refractivity contribution >= 4 is 40.1 Å². The number of nitrogens with one attached hydrogen (secondary N) is 1. The highest BCUT2D eigenvalue weighted by molar-refractivity contribution is 6.32. The van der Waals surface area contributed by atoms with Gasteiger partial charge >= 0.3 is 11.9 Å². The fourth-order valence-electron chi connectivity index (χ4n) is 5.02. The van der Waals surface area contributed by atoms with Gasteiger partial charge in [0, 0.05) is 25.0 Å². The van der Waals surface area contributed by atoms with Gasteiger partial charge in [0.25, 0.3) is 5.91 Å². The molecule has 1 aromatic carbocycles. The Kier molecular flexibility index (Phi) is 7.39. The number of hydrogen-bond acceptors (Lipinski definition) is 4. The molecule has 1 aliphatic rings. The summed E-state index contributed by atoms with van der Waals surface area (Å²) >= 11 is 12.1. The largest absolute Gasteiger partial charge is 0.434 e. The molecule has 7 nitrogen and oxygen atoms in total. The van der Waals surface area contributed by atoms with E-state index in [1.165, 1.54) is 29.0 Å². The summed E-state index contributed by atoms with van der Waals surface area (Å²) in [6.45, 7) is 0.358. The third-order valence-corrected chi connectivity index (χ3v) is 7.40. The molecule has 3 aromatic heterocycles. The van der Waals surface area contributed by atoms with E-state index in [1.54, 1.807) is 16.8 Å². The van der Waals surface area contributed by atoms with Crippen LogP contribution in [-0.4, -0.2) is 31.1 Å². The Morgan fingerprint density at radius 3 is 2.51 bits per heavy atom. The van der Waals surface area contributed by atoms with Crippen molar-refractivity contribution in [3.05, 3.63) is 86.5 Å². The van der Waals surface area contributed by atoms with Crippen LogP contribution in [0.4, 0.5) is 17.6 Å². The van der Waals surface area contributed by atoms with Gasteiger partial charge in [-0.15, -0.1) is 0 Å². The number of fused-ring (bicyclic) bond motifs is 1. The lowest BCUT2D eigenvalue weighted by molar-refractivity contribution is -0.141. The molecule has 0 unspecified atom stereocenters. The molecule has 1 N–H and O–H groups in total. The normalized spacial score (nSPS) is 17.9. The third-order valence-electron chi connectivity index (χ3n) is 6.87. The number of alkyl halides is 3. The minimum atomic E-state index is -4.80. The SMILES string of the molecule is O=C(NC1CCC(Cn2c(=O)n(-c3cc(F)ccc3Cl)c3cnccc32)CC1)c1cc(Cl)cnc1C(F)(F)F. The highest BCUT2D eigenvalue weighted by Crippen LogP contribution is 2.32. The molecule has 5 rings (SSSR count). The second-order valence-corrected chi connectivity index (χ2v) is 10.3. The first-order valence-electron chi connectivity index (χ1n) is 12.1. The fourth-order valence-corrected chi connectivity index (χ4v) is 5.38. The lowest BCUT2D eigenvalue weighted by atomic mass is 9.85. The van der Waals surface area contributed by atoms with Gasteiger partial charge in [-0.25, -0.2) is 14.2 Å². The van der Waals surface area contributed by atoms with Crippen LogP contribution in [0.25, 0.3) is 16.7 Å². The van der Waals surface area contributed by atoms with Crippen molar-refractivity contribution in [2.24, 2.45) is 5.92 Å². The van der Waals surface area contributed by atoms with E-state index in [2.05, 4.69) is 15.3 Å². The molecule has 0 saturated heterocycles. The smallest absolute Gasteiger partial charge is 0.349 e. The van der Waals surface area contributed by atoms with E-state index in [9.17, 15) is 27.2 Å². The summed E-state index contributed by atoms with van der Waals surface area (Å²) in [5, 5.41) is 2.81. The van der Waals surface area contributed by atoms with E-state index >= 15 is 0 Å². The predicted molar refractivity (Wildman–Crippen MR) is 138 cm³/mol. The lowest BCUT2D eigenvalue weighted by Gasteiger charge is -2.29. The number of imidazole rings is 1. The van der Waals surface area contributed by atoms with Gasteiger partial charge < -0.3 is 5.32 Å². The van der Waals surface area contributed by atoms with Crippen molar-refractivity contribution in [2.45, 2.75) is 44.4 Å². The average Bonchev–Trinajstić information content (AvgIpc) is 3.16. The summed E-state index contributed by atoms with van der Waals surface area (Å²) in [6, 6.07) is 6.09. The minimum absolute atomic E-state index is 0.0598. The summed E-state index contributed by atoms with van der Waals surface area (Å²) in [7, 11) is 0. The molecule has 0 radical (unpaired) electrons. The van der Waals surface area contributed by atoms with Gasteiger partial charge in [-0.2, -0.15) is 13.2 Å². The van der Waals surface area contributed by atoms with Crippen LogP contribution in [0.2, 0.25) is 10.0 Å². The second kappa shape index (κ2) is 10.6. The number of hydrogen-bond donors (Lipinski definition) is 1. The number of benzene rings is 1. The van der Waals surface area contributed by atoms with Crippen LogP contribution in [0.3, 0.4) is 0 Å². The number of nitrogens with zero attached hydrogens (tertiary/aromatic N) is 4. The van der Waals surface area contributed by atoms with Crippen LogP contribution in [-0.2, 0) is 12.7 Å². The Hall–Kier alpha value is -3.44. The Morgan fingerprint density at radius 1 is 1.05 bits per heavy atom. The Balaban J connectivity index is 1.32. The summed E-state index contributed by atoms with van der Waals surface area (Å²) in [4.78, 5) is 33.6. The van der Waals surface area contributed by atoms with Crippen molar-refractivity contribution in [1.29, 1.82) is 0 Å². The van der Waals surface area contributed by atoms with E-state index in [-0.39, 0.29) is 27.7 Å². The highest BCUT2D eigenvalue weighted by Gasteiger charge is 2.38. The minimum Gasteiger partial charge on any atom is -0.349 e. The van der Waals surface area contributed by atoms with Crippen LogP contribution in [0.15, 0.2) is 53.7 Å². The van der Waals surface area contributed by atoms with Gasteiger partial charge in [-0.05, 0) is 61.9 Å². The number of pyridine rings is 2. The van der Waals surface area contributed by atoms with Crippen molar-refractivity contribution in [3.8, 4) is 5.69 Å². The van der Waals surface area contributed by atoms with Crippen molar-refractivity contribution in [2.75, 3.05) is 0 Å². The Labute approximate surface area is 229 Å². The predicted octanol–water partition coefficient (Wildman–Crippen LogP) is 6.04. The molecule has 1 fully saturated rings. The monoisotopic (exact) mass is 581 g/mol. The molecule has 1 aliphatic carbocycles. The number of amides is 1. The van der Waals surface area contributed by atoms with E-state index in [0.29, 0.717) is 43.3 Å². The Morgan fingerprint density at radius 2 is 1.79 bits per heavy atom. The van der Waals surface area contributed by atoms with E-state index in [1.807, 2.05) is 0 Å². The summed E-state index contributed by atoms with van der Waals surface area (Å²) in [5.74, 6) is -1.37. The maximum absolute atomic E-state index is 14.0. The lowest BCUT2D eigenvalue weighted by Crippen LogP contribution is -2.39. The van der Waals surface area contributed by atoms with Crippen molar-refractivity contribution in [3.63, 3.8) is 0 Å². The molecule has 4 aromatic rings. The van der Waals surface area contributed by atoms with Gasteiger partial charge in [0.05, 0.1) is 38.5 Å². The molecule has 39 heavy (non-hydrogen) atoms. The van der Waals surface area contributed by atoms with E-state index < -0.39 is 34.8 Å². The molecule has 204 valence electrons. The fraction of sp³-hybridized carbons (Fsp3) is 0.308. The van der Waals surface area contributed by atoms with E-state index in [0.717, 1.165) is 12.3 Å². The zero-order chi connectivity index (χ0) is 27.9. The molecule has 1 amide bonds. The van der Waals surface area contributed by atoms with Gasteiger partial charge in [-0.1, -0.05) is 23.2 Å². The van der Waals surface area contributed by atoms with Crippen LogP contribution in [0, 0.1) is 11.7 Å². The van der Waals surface area contributed by atoms with Crippen molar-refractivity contribution < 1.29 is 22.4 Å². The number of rotatable bonds is 5. The van der Waals surface area contributed by atoms with Crippen molar-refractivity contribution in [1.82, 2.24) is 24.4 Å². The molecule has 13 heteroatoms. The quantitative estimate of drug-likeness (QED) is 0.291. The standard InChI is InChI=1S/C26H21Cl2F4N5O2/c27-15-9-18(23(34-11-15)26(30,31)32)24(38)35-17-4-1-14(2-5-17)13-36-20-7-8-33-12-22(20)37(25(36)39)21-10-16(29)3-6-19(21)28/h3,6-12,14,17H,1-2,4-5,13H2,(H,35,38). The first-order chi connectivity index (χ1) is 18.5. The molecule has 1 saturated carbocycles. The van der Waals surface area contributed by atoms with Gasteiger partial charge in [0.2, 0.25) is 0 Å². The van der Waals surface area contributed by atoms with Gasteiger partial charge in [0.1, 0.15) is 5.82 Å². The summed E-state index contributed by atoms with van der Waals surface area (Å²) < 4.78 is 56.9. The zero-order valence-corrected chi connectivity index (χ0v) is 21.7. The topological polar surface area (TPSA) is 81.8 Å². The maximum atomic E-state index is 14.0. The van der Waals surface area contributed by atoms with E-state index in [4.69, 9.17) is 23.2 Å². The van der Waals surface area contributed by atoms with Crippen LogP contribution < -0.4 is 11.0 Å². The summed E-state index contributed by atoms with van der Waals surface area (Å²) in [6.07, 6.45) is 1.39. The molecule has 0 atom stereocenters. The Bertz CT molecular complexity index is 1610. The first-order valence-corrected chi connectivity index (χ1v) is 12.8. The third kappa shape index (κ3) is 5.51.